The number of nitrogens with zero attached hydrogens (tertiary/aromatic N) is 3. The van der Waals surface area contributed by atoms with Gasteiger partial charge < -0.3 is 10.6 Å². The predicted octanol–water partition coefficient (Wildman–Crippen LogP) is 3.61. The van der Waals surface area contributed by atoms with Gasteiger partial charge >= 0.3 is 0 Å². The normalized spacial score (nSPS) is 17.1. The van der Waals surface area contributed by atoms with E-state index in [4.69, 9.17) is 28.2 Å². The molecule has 1 aromatic heterocycles. The van der Waals surface area contributed by atoms with Crippen LogP contribution in [0.1, 0.15) is 25.5 Å². The number of aromatic nitrogens is 2. The molecule has 0 atom stereocenters. The highest BCUT2D eigenvalue weighted by Crippen LogP contribution is 2.35. The average Bonchev–Trinajstić information content (AvgIpc) is 2.58. The van der Waals surface area contributed by atoms with Crippen molar-refractivity contribution >= 4 is 29.0 Å². The lowest BCUT2D eigenvalue weighted by Gasteiger charge is -2.37. The minimum Gasteiger partial charge on any atom is -0.357 e. The molecule has 1 aliphatic heterocycles. The summed E-state index contributed by atoms with van der Waals surface area (Å²) in [5.74, 6) is 0.931. The first-order chi connectivity index (χ1) is 11.4. The number of aryl methyl sites for hydroxylation is 1. The van der Waals surface area contributed by atoms with Gasteiger partial charge in [-0.25, -0.2) is 4.98 Å². The number of benzene rings is 1. The third-order valence-corrected chi connectivity index (χ3v) is 5.86. The van der Waals surface area contributed by atoms with E-state index in [1.54, 1.807) is 6.07 Å². The number of hydrogen-bond donors (Lipinski definition) is 1. The van der Waals surface area contributed by atoms with Crippen LogP contribution in [-0.2, 0) is 0 Å². The summed E-state index contributed by atoms with van der Waals surface area (Å²) in [5, 5.41) is 1.05. The van der Waals surface area contributed by atoms with Gasteiger partial charge in [0.1, 0.15) is 5.82 Å². The van der Waals surface area contributed by atoms with Gasteiger partial charge in [-0.3, -0.25) is 4.98 Å². The zero-order valence-corrected chi connectivity index (χ0v) is 15.7. The maximum absolute atomic E-state index is 6.32. The molecule has 0 saturated carbocycles. The van der Waals surface area contributed by atoms with Crippen LogP contribution >= 0.6 is 23.2 Å². The van der Waals surface area contributed by atoms with Crippen LogP contribution in [0.4, 0.5) is 5.82 Å². The standard InChI is InChI=1S/C18H22Cl2N4/c1-12-17(13-4-3-5-14(19)16(13)20)22-10-15(23-12)24-8-6-18(2,11-21)7-9-24/h3-5,10H,6-9,11,21H2,1-2H3/p+1. The van der Waals surface area contributed by atoms with Crippen molar-refractivity contribution in [3.05, 3.63) is 40.1 Å². The van der Waals surface area contributed by atoms with Crippen molar-refractivity contribution in [2.45, 2.75) is 26.7 Å². The van der Waals surface area contributed by atoms with E-state index in [9.17, 15) is 0 Å². The highest BCUT2D eigenvalue weighted by atomic mass is 35.5. The van der Waals surface area contributed by atoms with Crippen LogP contribution in [0.2, 0.25) is 10.0 Å². The van der Waals surface area contributed by atoms with Gasteiger partial charge in [0.25, 0.3) is 0 Å². The van der Waals surface area contributed by atoms with Crippen LogP contribution in [-0.4, -0.2) is 29.6 Å². The summed E-state index contributed by atoms with van der Waals surface area (Å²) in [6.45, 7) is 7.26. The zero-order valence-electron chi connectivity index (χ0n) is 14.1. The maximum atomic E-state index is 6.32. The van der Waals surface area contributed by atoms with Crippen molar-refractivity contribution in [2.75, 3.05) is 24.5 Å². The summed E-state index contributed by atoms with van der Waals surface area (Å²) in [7, 11) is 0. The Morgan fingerprint density at radius 2 is 1.96 bits per heavy atom. The van der Waals surface area contributed by atoms with Crippen LogP contribution in [0, 0.1) is 12.3 Å². The van der Waals surface area contributed by atoms with E-state index in [0.717, 1.165) is 55.2 Å². The van der Waals surface area contributed by atoms with E-state index in [2.05, 4.69) is 22.5 Å². The number of quaternary nitrogens is 1. The minimum absolute atomic E-state index is 0.354. The average molecular weight is 366 g/mol. The van der Waals surface area contributed by atoms with Crippen molar-refractivity contribution in [1.82, 2.24) is 9.97 Å². The molecule has 0 spiro atoms. The van der Waals surface area contributed by atoms with Crippen LogP contribution in [0.25, 0.3) is 11.3 Å². The molecular formula is C18H23Cl2N4+. The van der Waals surface area contributed by atoms with E-state index in [0.29, 0.717) is 15.5 Å². The monoisotopic (exact) mass is 365 g/mol. The lowest BCUT2D eigenvalue weighted by atomic mass is 9.80. The van der Waals surface area contributed by atoms with Crippen molar-refractivity contribution in [2.24, 2.45) is 5.41 Å². The van der Waals surface area contributed by atoms with E-state index < -0.39 is 0 Å². The first-order valence-corrected chi connectivity index (χ1v) is 9.01. The number of anilines is 1. The van der Waals surface area contributed by atoms with Gasteiger partial charge in [0, 0.05) is 24.1 Å². The van der Waals surface area contributed by atoms with E-state index in [1.807, 2.05) is 25.3 Å². The first-order valence-electron chi connectivity index (χ1n) is 8.26. The highest BCUT2D eigenvalue weighted by Gasteiger charge is 2.31. The van der Waals surface area contributed by atoms with Gasteiger partial charge in [0.2, 0.25) is 0 Å². The summed E-state index contributed by atoms with van der Waals surface area (Å²) in [4.78, 5) is 11.7. The summed E-state index contributed by atoms with van der Waals surface area (Å²) in [5.41, 5.74) is 6.91. The van der Waals surface area contributed by atoms with Crippen molar-refractivity contribution in [1.29, 1.82) is 0 Å². The van der Waals surface area contributed by atoms with Crippen LogP contribution in [0.15, 0.2) is 24.4 Å². The second-order valence-electron chi connectivity index (χ2n) is 6.81. The quantitative estimate of drug-likeness (QED) is 0.903. The summed E-state index contributed by atoms with van der Waals surface area (Å²) in [6.07, 6.45) is 4.12. The molecule has 3 rings (SSSR count). The van der Waals surface area contributed by atoms with Gasteiger partial charge in [-0.05, 0) is 25.8 Å². The van der Waals surface area contributed by atoms with Gasteiger partial charge in [-0.1, -0.05) is 42.3 Å². The molecule has 0 amide bonds. The summed E-state index contributed by atoms with van der Waals surface area (Å²) >= 11 is 12.4. The molecule has 0 aliphatic carbocycles. The van der Waals surface area contributed by atoms with Gasteiger partial charge in [0.15, 0.2) is 0 Å². The van der Waals surface area contributed by atoms with Crippen LogP contribution in [0.3, 0.4) is 0 Å². The van der Waals surface area contributed by atoms with E-state index in [1.165, 1.54) is 0 Å². The van der Waals surface area contributed by atoms with Gasteiger partial charge in [0.05, 0.1) is 34.2 Å². The van der Waals surface area contributed by atoms with Crippen LogP contribution in [0.5, 0.6) is 0 Å². The number of hydrogen-bond acceptors (Lipinski definition) is 3. The Kier molecular flexibility index (Phi) is 5.00. The van der Waals surface area contributed by atoms with Gasteiger partial charge in [-0.2, -0.15) is 0 Å². The Hall–Kier alpha value is -1.36. The second-order valence-corrected chi connectivity index (χ2v) is 7.60. The molecule has 3 N–H and O–H groups in total. The molecule has 6 heteroatoms. The number of halogens is 2. The SMILES string of the molecule is Cc1nc(N2CCC(C)(C[NH3+])CC2)cnc1-c1cccc(Cl)c1Cl. The molecule has 2 aromatic rings. The molecule has 0 radical (unpaired) electrons. The zero-order chi connectivity index (χ0) is 17.3. The molecule has 128 valence electrons. The van der Waals surface area contributed by atoms with Crippen LogP contribution < -0.4 is 10.6 Å². The Morgan fingerprint density at radius 1 is 1.25 bits per heavy atom. The minimum atomic E-state index is 0.354. The molecule has 1 aromatic carbocycles. The number of rotatable bonds is 3. The predicted molar refractivity (Wildman–Crippen MR) is 99.5 cm³/mol. The van der Waals surface area contributed by atoms with Crippen molar-refractivity contribution in [3.8, 4) is 11.3 Å². The Labute approximate surface area is 153 Å². The Balaban J connectivity index is 1.85. The molecule has 0 unspecified atom stereocenters. The largest absolute Gasteiger partial charge is 0.357 e. The Morgan fingerprint density at radius 3 is 2.58 bits per heavy atom. The van der Waals surface area contributed by atoms with Gasteiger partial charge in [-0.15, -0.1) is 0 Å². The third-order valence-electron chi connectivity index (χ3n) is 5.04. The fraction of sp³-hybridized carbons (Fsp3) is 0.444. The third kappa shape index (κ3) is 3.37. The van der Waals surface area contributed by atoms with E-state index in [-0.39, 0.29) is 0 Å². The molecule has 1 saturated heterocycles. The fourth-order valence-corrected chi connectivity index (χ4v) is 3.49. The topological polar surface area (TPSA) is 56.7 Å². The maximum Gasteiger partial charge on any atom is 0.147 e. The molecule has 1 aliphatic rings. The smallest absolute Gasteiger partial charge is 0.147 e. The highest BCUT2D eigenvalue weighted by molar-refractivity contribution is 6.43. The molecule has 24 heavy (non-hydrogen) atoms. The lowest BCUT2D eigenvalue weighted by molar-refractivity contribution is -0.392. The second kappa shape index (κ2) is 6.87. The van der Waals surface area contributed by atoms with E-state index >= 15 is 0 Å². The molecule has 4 nitrogen and oxygen atoms in total. The first kappa shape index (κ1) is 17.5. The molecule has 1 fully saturated rings. The number of piperidine rings is 1. The van der Waals surface area contributed by atoms with Crippen molar-refractivity contribution in [3.63, 3.8) is 0 Å². The van der Waals surface area contributed by atoms with Crippen molar-refractivity contribution < 1.29 is 5.73 Å². The Bertz CT molecular complexity index is 740. The molecule has 2 heterocycles. The summed E-state index contributed by atoms with van der Waals surface area (Å²) < 4.78 is 0. The molecular weight excluding hydrogens is 343 g/mol. The lowest BCUT2D eigenvalue weighted by Crippen LogP contribution is -2.59. The fourth-order valence-electron chi connectivity index (χ4n) is 3.10. The summed E-state index contributed by atoms with van der Waals surface area (Å²) in [6, 6.07) is 5.58. The molecule has 0 bridgehead atoms.